The zero-order valence-electron chi connectivity index (χ0n) is 14.1. The minimum absolute atomic E-state index is 0.0386. The van der Waals surface area contributed by atoms with Gasteiger partial charge < -0.3 is 15.0 Å². The number of aromatic nitrogens is 2. The highest BCUT2D eigenvalue weighted by Gasteiger charge is 2.31. The molecule has 1 aliphatic heterocycles. The maximum atomic E-state index is 12.5. The molecule has 0 aromatic carbocycles. The molecule has 2 aliphatic rings. The van der Waals surface area contributed by atoms with E-state index in [2.05, 4.69) is 15.6 Å². The van der Waals surface area contributed by atoms with Gasteiger partial charge in [0.05, 0.1) is 23.6 Å². The molecule has 26 heavy (non-hydrogen) atoms. The number of amides is 2. The van der Waals surface area contributed by atoms with E-state index in [1.54, 1.807) is 0 Å². The van der Waals surface area contributed by atoms with Crippen molar-refractivity contribution < 1.29 is 18.0 Å². The number of pyridine rings is 1. The third-order valence-corrected chi connectivity index (χ3v) is 6.51. The standard InChI is InChI=1S/C17H20N4O4S/c22-14(19-12-6-8-26(24,25)10-12)9-18-17(23)15-13-3-1-2-7-21(13)16(20-15)11-4-5-11/h1-3,7,11-12H,4-6,8-10H2,(H,18,23)(H,19,22). The van der Waals surface area contributed by atoms with Crippen LogP contribution in [0.2, 0.25) is 0 Å². The van der Waals surface area contributed by atoms with Crippen LogP contribution in [-0.4, -0.2) is 53.7 Å². The van der Waals surface area contributed by atoms with Gasteiger partial charge in [0.1, 0.15) is 5.82 Å². The Morgan fingerprint density at radius 2 is 2.04 bits per heavy atom. The molecule has 1 saturated carbocycles. The monoisotopic (exact) mass is 376 g/mol. The predicted octanol–water partition coefficient (Wildman–Crippen LogP) is 0.245. The van der Waals surface area contributed by atoms with Crippen molar-refractivity contribution in [3.8, 4) is 0 Å². The Labute approximate surface area is 150 Å². The van der Waals surface area contributed by atoms with Crippen LogP contribution in [0.3, 0.4) is 0 Å². The lowest BCUT2D eigenvalue weighted by Crippen LogP contribution is -2.42. The Kier molecular flexibility index (Phi) is 4.18. The van der Waals surface area contributed by atoms with Crippen molar-refractivity contribution in [3.05, 3.63) is 35.9 Å². The molecule has 0 spiro atoms. The fourth-order valence-electron chi connectivity index (χ4n) is 3.29. The number of rotatable bonds is 5. The van der Waals surface area contributed by atoms with Crippen LogP contribution in [0.4, 0.5) is 0 Å². The van der Waals surface area contributed by atoms with E-state index in [0.717, 1.165) is 18.7 Å². The summed E-state index contributed by atoms with van der Waals surface area (Å²) in [6.45, 7) is -0.208. The first kappa shape index (κ1) is 17.0. The van der Waals surface area contributed by atoms with Crippen molar-refractivity contribution in [2.24, 2.45) is 0 Å². The van der Waals surface area contributed by atoms with Crippen LogP contribution >= 0.6 is 0 Å². The second-order valence-corrected chi connectivity index (χ2v) is 9.13. The van der Waals surface area contributed by atoms with Crippen LogP contribution in [-0.2, 0) is 14.6 Å². The summed E-state index contributed by atoms with van der Waals surface area (Å²) in [7, 11) is -3.05. The topological polar surface area (TPSA) is 110 Å². The Balaban J connectivity index is 1.41. The van der Waals surface area contributed by atoms with E-state index in [1.807, 2.05) is 28.8 Å². The van der Waals surface area contributed by atoms with E-state index in [1.165, 1.54) is 0 Å². The number of carbonyl (C=O) groups is 2. The van der Waals surface area contributed by atoms with Gasteiger partial charge >= 0.3 is 0 Å². The fourth-order valence-corrected chi connectivity index (χ4v) is 4.96. The highest BCUT2D eigenvalue weighted by Crippen LogP contribution is 2.39. The molecule has 2 amide bonds. The first-order valence-corrected chi connectivity index (χ1v) is 10.5. The summed E-state index contributed by atoms with van der Waals surface area (Å²) in [5.41, 5.74) is 1.03. The molecule has 2 aromatic rings. The number of carbonyl (C=O) groups excluding carboxylic acids is 2. The second kappa shape index (κ2) is 6.39. The van der Waals surface area contributed by atoms with Crippen molar-refractivity contribution in [1.29, 1.82) is 0 Å². The van der Waals surface area contributed by atoms with Crippen LogP contribution in [0.5, 0.6) is 0 Å². The molecule has 2 aromatic heterocycles. The highest BCUT2D eigenvalue weighted by atomic mass is 32.2. The van der Waals surface area contributed by atoms with Gasteiger partial charge in [-0.3, -0.25) is 9.59 Å². The van der Waals surface area contributed by atoms with Crippen LogP contribution in [0.15, 0.2) is 24.4 Å². The molecule has 138 valence electrons. The van der Waals surface area contributed by atoms with Gasteiger partial charge in [-0.15, -0.1) is 0 Å². The summed E-state index contributed by atoms with van der Waals surface area (Å²) in [6, 6.07) is 5.19. The third kappa shape index (κ3) is 3.44. The Morgan fingerprint density at radius 1 is 1.23 bits per heavy atom. The molecule has 9 heteroatoms. The van der Waals surface area contributed by atoms with Gasteiger partial charge in [0.2, 0.25) is 5.91 Å². The number of fused-ring (bicyclic) bond motifs is 1. The van der Waals surface area contributed by atoms with Gasteiger partial charge in [0, 0.05) is 18.2 Å². The smallest absolute Gasteiger partial charge is 0.272 e. The SMILES string of the molecule is O=C(CNC(=O)c1nc(C2CC2)n2ccccc12)NC1CCS(=O)(=O)C1. The molecular weight excluding hydrogens is 356 g/mol. The van der Waals surface area contributed by atoms with E-state index in [0.29, 0.717) is 23.5 Å². The summed E-state index contributed by atoms with van der Waals surface area (Å²) in [5.74, 6) is 0.518. The molecule has 4 rings (SSSR count). The molecule has 3 heterocycles. The molecule has 0 radical (unpaired) electrons. The average molecular weight is 376 g/mol. The van der Waals surface area contributed by atoms with Crippen molar-refractivity contribution in [2.75, 3.05) is 18.1 Å². The van der Waals surface area contributed by atoms with Crippen molar-refractivity contribution in [2.45, 2.75) is 31.2 Å². The first-order chi connectivity index (χ1) is 12.4. The quantitative estimate of drug-likeness (QED) is 0.777. The summed E-state index contributed by atoms with van der Waals surface area (Å²) in [5, 5.41) is 5.24. The highest BCUT2D eigenvalue weighted by molar-refractivity contribution is 7.91. The molecule has 1 saturated heterocycles. The third-order valence-electron chi connectivity index (χ3n) is 4.74. The molecule has 1 aliphatic carbocycles. The van der Waals surface area contributed by atoms with Gasteiger partial charge in [-0.1, -0.05) is 6.07 Å². The van der Waals surface area contributed by atoms with Crippen molar-refractivity contribution in [3.63, 3.8) is 0 Å². The lowest BCUT2D eigenvalue weighted by Gasteiger charge is -2.11. The molecule has 1 atom stereocenters. The van der Waals surface area contributed by atoms with Crippen LogP contribution in [0, 0.1) is 0 Å². The molecular formula is C17H20N4O4S. The fraction of sp³-hybridized carbons (Fsp3) is 0.471. The Hall–Kier alpha value is -2.42. The zero-order chi connectivity index (χ0) is 18.3. The first-order valence-electron chi connectivity index (χ1n) is 8.68. The maximum Gasteiger partial charge on any atom is 0.272 e. The minimum atomic E-state index is -3.05. The Bertz CT molecular complexity index is 978. The van der Waals surface area contributed by atoms with Gasteiger partial charge in [0.15, 0.2) is 15.5 Å². The van der Waals surface area contributed by atoms with E-state index in [4.69, 9.17) is 0 Å². The lowest BCUT2D eigenvalue weighted by molar-refractivity contribution is -0.120. The minimum Gasteiger partial charge on any atom is -0.351 e. The van der Waals surface area contributed by atoms with Gasteiger partial charge in [-0.05, 0) is 31.4 Å². The number of hydrogen-bond acceptors (Lipinski definition) is 5. The van der Waals surface area contributed by atoms with Gasteiger partial charge in [-0.2, -0.15) is 0 Å². The average Bonchev–Trinajstić information content (AvgIpc) is 3.29. The molecule has 8 nitrogen and oxygen atoms in total. The van der Waals surface area contributed by atoms with Crippen LogP contribution < -0.4 is 10.6 Å². The second-order valence-electron chi connectivity index (χ2n) is 6.90. The largest absolute Gasteiger partial charge is 0.351 e. The number of nitrogens with zero attached hydrogens (tertiary/aromatic N) is 2. The summed E-state index contributed by atoms with van der Waals surface area (Å²) in [6.07, 6.45) is 4.45. The van der Waals surface area contributed by atoms with Crippen molar-refractivity contribution in [1.82, 2.24) is 20.0 Å². The summed E-state index contributed by atoms with van der Waals surface area (Å²) in [4.78, 5) is 29.0. The number of sulfone groups is 1. The van der Waals surface area contributed by atoms with E-state index >= 15 is 0 Å². The van der Waals surface area contributed by atoms with E-state index < -0.39 is 21.7 Å². The predicted molar refractivity (Wildman–Crippen MR) is 94.7 cm³/mol. The number of nitrogens with one attached hydrogen (secondary N) is 2. The molecule has 1 unspecified atom stereocenters. The maximum absolute atomic E-state index is 12.5. The molecule has 2 N–H and O–H groups in total. The van der Waals surface area contributed by atoms with E-state index in [-0.39, 0.29) is 24.1 Å². The summed E-state index contributed by atoms with van der Waals surface area (Å²) >= 11 is 0. The van der Waals surface area contributed by atoms with Gasteiger partial charge in [0.25, 0.3) is 5.91 Å². The van der Waals surface area contributed by atoms with Crippen molar-refractivity contribution >= 4 is 27.2 Å². The van der Waals surface area contributed by atoms with Crippen LogP contribution in [0.1, 0.15) is 41.5 Å². The normalized spacial score (nSPS) is 21.6. The number of imidazole rings is 1. The summed E-state index contributed by atoms with van der Waals surface area (Å²) < 4.78 is 24.8. The van der Waals surface area contributed by atoms with E-state index in [9.17, 15) is 18.0 Å². The zero-order valence-corrected chi connectivity index (χ0v) is 15.0. The molecule has 2 fully saturated rings. The van der Waals surface area contributed by atoms with Gasteiger partial charge in [-0.25, -0.2) is 13.4 Å². The molecule has 0 bridgehead atoms. The number of hydrogen-bond donors (Lipinski definition) is 2. The Morgan fingerprint density at radius 3 is 2.73 bits per heavy atom. The lowest BCUT2D eigenvalue weighted by atomic mass is 10.2. The van der Waals surface area contributed by atoms with Crippen LogP contribution in [0.25, 0.3) is 5.52 Å².